The maximum Gasteiger partial charge on any atom is 0.416 e. The maximum absolute atomic E-state index is 12.7. The average molecular weight is 373 g/mol. The van der Waals surface area contributed by atoms with Gasteiger partial charge in [-0.25, -0.2) is 4.79 Å². The SMILES string of the molecule is Cc1ccc(C)n1-c1ccc(C(=O)OCc2cccc(C(F)(F)F)c2)cc1. The third-order valence-electron chi connectivity index (χ3n) is 4.26. The van der Waals surface area contributed by atoms with Crippen LogP contribution in [-0.4, -0.2) is 10.5 Å². The fourth-order valence-corrected chi connectivity index (χ4v) is 2.89. The molecule has 0 spiro atoms. The Morgan fingerprint density at radius 1 is 0.963 bits per heavy atom. The molecule has 3 nitrogen and oxygen atoms in total. The van der Waals surface area contributed by atoms with Crippen molar-refractivity contribution in [2.45, 2.75) is 26.6 Å². The number of esters is 1. The topological polar surface area (TPSA) is 31.2 Å². The summed E-state index contributed by atoms with van der Waals surface area (Å²) in [5, 5.41) is 0. The Morgan fingerprint density at radius 2 is 1.59 bits per heavy atom. The number of carbonyl (C=O) groups is 1. The Morgan fingerprint density at radius 3 is 2.19 bits per heavy atom. The van der Waals surface area contributed by atoms with Gasteiger partial charge in [-0.15, -0.1) is 0 Å². The summed E-state index contributed by atoms with van der Waals surface area (Å²) >= 11 is 0. The molecule has 1 heterocycles. The van der Waals surface area contributed by atoms with Gasteiger partial charge in [-0.3, -0.25) is 0 Å². The average Bonchev–Trinajstić information content (AvgIpc) is 2.98. The van der Waals surface area contributed by atoms with E-state index < -0.39 is 17.7 Å². The van der Waals surface area contributed by atoms with Crippen LogP contribution in [0.25, 0.3) is 5.69 Å². The van der Waals surface area contributed by atoms with Crippen molar-refractivity contribution in [1.82, 2.24) is 4.57 Å². The van der Waals surface area contributed by atoms with Crippen LogP contribution < -0.4 is 0 Å². The highest BCUT2D eigenvalue weighted by atomic mass is 19.4. The van der Waals surface area contributed by atoms with Crippen LogP contribution in [0.2, 0.25) is 0 Å². The van der Waals surface area contributed by atoms with E-state index in [-0.39, 0.29) is 12.2 Å². The number of hydrogen-bond acceptors (Lipinski definition) is 2. The number of aromatic nitrogens is 1. The smallest absolute Gasteiger partial charge is 0.416 e. The number of aryl methyl sites for hydroxylation is 2. The molecule has 0 fully saturated rings. The van der Waals surface area contributed by atoms with E-state index in [0.29, 0.717) is 5.56 Å². The summed E-state index contributed by atoms with van der Waals surface area (Å²) in [5.74, 6) is -0.583. The number of benzene rings is 2. The molecule has 27 heavy (non-hydrogen) atoms. The van der Waals surface area contributed by atoms with E-state index in [4.69, 9.17) is 4.74 Å². The lowest BCUT2D eigenvalue weighted by atomic mass is 10.1. The Bertz CT molecular complexity index is 937. The number of nitrogens with zero attached hydrogens (tertiary/aromatic N) is 1. The molecule has 2 aromatic carbocycles. The van der Waals surface area contributed by atoms with E-state index in [1.807, 2.05) is 26.0 Å². The first-order valence-electron chi connectivity index (χ1n) is 8.34. The second-order valence-electron chi connectivity index (χ2n) is 6.27. The molecule has 1 aromatic heterocycles. The molecule has 3 aromatic rings. The molecule has 0 amide bonds. The molecular formula is C21H18F3NO2. The Labute approximate surface area is 155 Å². The normalized spacial score (nSPS) is 11.4. The van der Waals surface area contributed by atoms with Gasteiger partial charge in [0.15, 0.2) is 0 Å². The number of carbonyl (C=O) groups excluding carboxylic acids is 1. The monoisotopic (exact) mass is 373 g/mol. The first-order valence-corrected chi connectivity index (χ1v) is 8.34. The summed E-state index contributed by atoms with van der Waals surface area (Å²) in [6.07, 6.45) is -4.43. The summed E-state index contributed by atoms with van der Waals surface area (Å²) in [6, 6.07) is 15.7. The van der Waals surface area contributed by atoms with Gasteiger partial charge in [-0.05, 0) is 67.9 Å². The number of hydrogen-bond donors (Lipinski definition) is 0. The van der Waals surface area contributed by atoms with Crippen molar-refractivity contribution in [3.63, 3.8) is 0 Å². The van der Waals surface area contributed by atoms with Crippen LogP contribution in [0.4, 0.5) is 13.2 Å². The van der Waals surface area contributed by atoms with Crippen LogP contribution in [0, 0.1) is 13.8 Å². The van der Waals surface area contributed by atoms with Crippen LogP contribution in [0.3, 0.4) is 0 Å². The van der Waals surface area contributed by atoms with Crippen molar-refractivity contribution >= 4 is 5.97 Å². The number of ether oxygens (including phenoxy) is 1. The molecule has 0 radical (unpaired) electrons. The second-order valence-corrected chi connectivity index (χ2v) is 6.27. The zero-order valence-corrected chi connectivity index (χ0v) is 14.9. The lowest BCUT2D eigenvalue weighted by Crippen LogP contribution is -2.08. The summed E-state index contributed by atoms with van der Waals surface area (Å²) in [4.78, 5) is 12.2. The van der Waals surface area contributed by atoms with Gasteiger partial charge in [0.05, 0.1) is 11.1 Å². The van der Waals surface area contributed by atoms with Gasteiger partial charge in [0, 0.05) is 17.1 Å². The number of alkyl halides is 3. The molecule has 140 valence electrons. The highest BCUT2D eigenvalue weighted by Gasteiger charge is 2.30. The van der Waals surface area contributed by atoms with Gasteiger partial charge in [0.1, 0.15) is 6.61 Å². The van der Waals surface area contributed by atoms with Gasteiger partial charge in [-0.2, -0.15) is 13.2 Å². The first-order chi connectivity index (χ1) is 12.8. The highest BCUT2D eigenvalue weighted by Crippen LogP contribution is 2.29. The third-order valence-corrected chi connectivity index (χ3v) is 4.26. The zero-order chi connectivity index (χ0) is 19.6. The van der Waals surface area contributed by atoms with Gasteiger partial charge < -0.3 is 9.30 Å². The molecule has 6 heteroatoms. The van der Waals surface area contributed by atoms with Crippen LogP contribution >= 0.6 is 0 Å². The standard InChI is InChI=1S/C21H18F3NO2/c1-14-6-7-15(2)25(14)19-10-8-17(9-11-19)20(26)27-13-16-4-3-5-18(12-16)21(22,23)24/h3-12H,13H2,1-2H3. The van der Waals surface area contributed by atoms with Gasteiger partial charge in [0.2, 0.25) is 0 Å². The van der Waals surface area contributed by atoms with Gasteiger partial charge in [0.25, 0.3) is 0 Å². The van der Waals surface area contributed by atoms with Crippen LogP contribution in [0.5, 0.6) is 0 Å². The summed E-state index contributed by atoms with van der Waals surface area (Å²) < 4.78 is 45.4. The van der Waals surface area contributed by atoms with E-state index in [2.05, 4.69) is 4.57 Å². The highest BCUT2D eigenvalue weighted by molar-refractivity contribution is 5.89. The van der Waals surface area contributed by atoms with Gasteiger partial charge in [-0.1, -0.05) is 12.1 Å². The molecule has 0 unspecified atom stereocenters. The Kier molecular flexibility index (Phi) is 5.08. The lowest BCUT2D eigenvalue weighted by Gasteiger charge is -2.11. The molecule has 0 aliphatic carbocycles. The molecule has 3 rings (SSSR count). The van der Waals surface area contributed by atoms with Crippen LogP contribution in [-0.2, 0) is 17.5 Å². The maximum atomic E-state index is 12.7. The molecule has 0 aliphatic heterocycles. The van der Waals surface area contributed by atoms with Crippen LogP contribution in [0.15, 0.2) is 60.7 Å². The number of halogens is 3. The minimum absolute atomic E-state index is 0.222. The second kappa shape index (κ2) is 7.31. The summed E-state index contributed by atoms with van der Waals surface area (Å²) in [6.45, 7) is 3.76. The van der Waals surface area contributed by atoms with Crippen molar-refractivity contribution in [2.24, 2.45) is 0 Å². The summed E-state index contributed by atoms with van der Waals surface area (Å²) in [7, 11) is 0. The predicted octanol–water partition coefficient (Wildman–Crippen LogP) is 5.47. The molecular weight excluding hydrogens is 355 g/mol. The Hall–Kier alpha value is -3.02. The predicted molar refractivity (Wildman–Crippen MR) is 95.8 cm³/mol. The van der Waals surface area contributed by atoms with E-state index >= 15 is 0 Å². The van der Waals surface area contributed by atoms with E-state index in [0.717, 1.165) is 29.2 Å². The van der Waals surface area contributed by atoms with Gasteiger partial charge >= 0.3 is 12.1 Å². The van der Waals surface area contributed by atoms with Crippen molar-refractivity contribution in [2.75, 3.05) is 0 Å². The largest absolute Gasteiger partial charge is 0.457 e. The quantitative estimate of drug-likeness (QED) is 0.568. The van der Waals surface area contributed by atoms with Crippen LogP contribution in [0.1, 0.15) is 32.9 Å². The van der Waals surface area contributed by atoms with Crippen molar-refractivity contribution < 1.29 is 22.7 Å². The molecule has 0 aliphatic rings. The van der Waals surface area contributed by atoms with E-state index in [1.54, 1.807) is 24.3 Å². The van der Waals surface area contributed by atoms with E-state index in [1.165, 1.54) is 12.1 Å². The summed E-state index contributed by atoms with van der Waals surface area (Å²) in [5.41, 5.74) is 2.93. The number of rotatable bonds is 4. The molecule has 0 bridgehead atoms. The third kappa shape index (κ3) is 4.22. The molecule has 0 N–H and O–H groups in total. The molecule has 0 saturated carbocycles. The minimum Gasteiger partial charge on any atom is -0.457 e. The van der Waals surface area contributed by atoms with Crippen molar-refractivity contribution in [3.05, 3.63) is 88.7 Å². The molecule has 0 atom stereocenters. The van der Waals surface area contributed by atoms with Crippen molar-refractivity contribution in [3.8, 4) is 5.69 Å². The van der Waals surface area contributed by atoms with E-state index in [9.17, 15) is 18.0 Å². The van der Waals surface area contributed by atoms with Crippen molar-refractivity contribution in [1.29, 1.82) is 0 Å². The first kappa shape index (κ1) is 18.8. The fraction of sp³-hybridized carbons (Fsp3) is 0.190. The Balaban J connectivity index is 1.69. The zero-order valence-electron chi connectivity index (χ0n) is 14.9. The molecule has 0 saturated heterocycles. The lowest BCUT2D eigenvalue weighted by molar-refractivity contribution is -0.137. The fourth-order valence-electron chi connectivity index (χ4n) is 2.89. The minimum atomic E-state index is -4.43.